The molecule has 5 nitrogen and oxygen atoms in total. The monoisotopic (exact) mass is 320 g/mol. The van der Waals surface area contributed by atoms with Crippen LogP contribution in [0.2, 0.25) is 0 Å². The summed E-state index contributed by atoms with van der Waals surface area (Å²) in [4.78, 5) is 17.6. The summed E-state index contributed by atoms with van der Waals surface area (Å²) in [5.41, 5.74) is 2.95. The third-order valence-electron chi connectivity index (χ3n) is 5.46. The number of anilines is 1. The fourth-order valence-electron chi connectivity index (χ4n) is 4.01. The third-order valence-corrected chi connectivity index (χ3v) is 5.46. The summed E-state index contributed by atoms with van der Waals surface area (Å²) < 4.78 is 10.4. The number of ether oxygens (including phenoxy) is 2. The van der Waals surface area contributed by atoms with Crippen LogP contribution in [0.4, 0.5) is 5.69 Å². The minimum Gasteiger partial charge on any atom is -0.464 e. The summed E-state index contributed by atoms with van der Waals surface area (Å²) in [5.74, 6) is 1.14. The molecule has 1 aromatic heterocycles. The maximum Gasteiger partial charge on any atom is 0.356 e. The number of hydrogen-bond acceptors (Lipinski definition) is 4. The number of esters is 1. The SMILES string of the molecule is CCC1CCC(c2c[nH]c(C(=O)OC)c2N2CCOCC2)CC1. The van der Waals surface area contributed by atoms with Crippen molar-refractivity contribution in [3.05, 3.63) is 17.5 Å². The van der Waals surface area contributed by atoms with Crippen molar-refractivity contribution >= 4 is 11.7 Å². The van der Waals surface area contributed by atoms with Crippen molar-refractivity contribution in [1.29, 1.82) is 0 Å². The van der Waals surface area contributed by atoms with Crippen LogP contribution in [0.1, 0.15) is 61.0 Å². The zero-order valence-corrected chi connectivity index (χ0v) is 14.3. The molecule has 1 saturated carbocycles. The van der Waals surface area contributed by atoms with E-state index in [-0.39, 0.29) is 5.97 Å². The van der Waals surface area contributed by atoms with Gasteiger partial charge in [0.1, 0.15) is 5.69 Å². The second-order valence-corrected chi connectivity index (χ2v) is 6.68. The topological polar surface area (TPSA) is 54.6 Å². The van der Waals surface area contributed by atoms with Crippen LogP contribution >= 0.6 is 0 Å². The highest BCUT2D eigenvalue weighted by atomic mass is 16.5. The van der Waals surface area contributed by atoms with Gasteiger partial charge in [0.2, 0.25) is 0 Å². The lowest BCUT2D eigenvalue weighted by atomic mass is 9.78. The first-order valence-electron chi connectivity index (χ1n) is 8.86. The van der Waals surface area contributed by atoms with Gasteiger partial charge in [0.25, 0.3) is 0 Å². The van der Waals surface area contributed by atoms with E-state index in [2.05, 4.69) is 16.8 Å². The molecule has 2 heterocycles. The van der Waals surface area contributed by atoms with Crippen LogP contribution < -0.4 is 4.90 Å². The van der Waals surface area contributed by atoms with Gasteiger partial charge in [-0.1, -0.05) is 13.3 Å². The van der Waals surface area contributed by atoms with E-state index in [0.29, 0.717) is 24.8 Å². The second-order valence-electron chi connectivity index (χ2n) is 6.68. The van der Waals surface area contributed by atoms with Crippen molar-refractivity contribution in [2.24, 2.45) is 5.92 Å². The minimum atomic E-state index is -0.278. The van der Waals surface area contributed by atoms with Crippen LogP contribution in [0.5, 0.6) is 0 Å². The molecule has 1 saturated heterocycles. The molecule has 2 fully saturated rings. The number of hydrogen-bond donors (Lipinski definition) is 1. The molecule has 1 aromatic rings. The Morgan fingerprint density at radius 2 is 2.00 bits per heavy atom. The van der Waals surface area contributed by atoms with Crippen molar-refractivity contribution in [3.63, 3.8) is 0 Å². The first kappa shape index (κ1) is 16.4. The molecule has 0 bridgehead atoms. The first-order chi connectivity index (χ1) is 11.2. The number of carbonyl (C=O) groups is 1. The molecule has 5 heteroatoms. The Labute approximate surface area is 138 Å². The molecule has 0 spiro atoms. The van der Waals surface area contributed by atoms with Gasteiger partial charge in [0.15, 0.2) is 0 Å². The summed E-state index contributed by atoms with van der Waals surface area (Å²) in [6.45, 7) is 5.38. The molecule has 1 aliphatic carbocycles. The Bertz CT molecular complexity index is 526. The Kier molecular flexibility index (Phi) is 5.26. The number of rotatable bonds is 4. The molecule has 0 amide bonds. The highest BCUT2D eigenvalue weighted by Crippen LogP contribution is 2.42. The lowest BCUT2D eigenvalue weighted by molar-refractivity contribution is 0.0594. The molecule has 1 aliphatic heterocycles. The number of nitrogens with zero attached hydrogens (tertiary/aromatic N) is 1. The normalized spacial score (nSPS) is 25.4. The van der Waals surface area contributed by atoms with E-state index in [1.54, 1.807) is 0 Å². The molecule has 0 unspecified atom stereocenters. The predicted octanol–water partition coefficient (Wildman–Crippen LogP) is 3.32. The van der Waals surface area contributed by atoms with Crippen LogP contribution in [0.15, 0.2) is 6.20 Å². The maximum atomic E-state index is 12.2. The van der Waals surface area contributed by atoms with E-state index in [4.69, 9.17) is 9.47 Å². The Hall–Kier alpha value is -1.49. The summed E-state index contributed by atoms with van der Waals surface area (Å²) in [6, 6.07) is 0. The van der Waals surface area contributed by atoms with Crippen LogP contribution in [0, 0.1) is 5.92 Å². The maximum absolute atomic E-state index is 12.2. The van der Waals surface area contributed by atoms with Gasteiger partial charge < -0.3 is 19.4 Å². The van der Waals surface area contributed by atoms with Crippen molar-refractivity contribution < 1.29 is 14.3 Å². The second kappa shape index (κ2) is 7.39. The average Bonchev–Trinajstić information content (AvgIpc) is 3.07. The number of aromatic amines is 1. The fraction of sp³-hybridized carbons (Fsp3) is 0.722. The van der Waals surface area contributed by atoms with Crippen LogP contribution in [0.25, 0.3) is 0 Å². The van der Waals surface area contributed by atoms with Crippen molar-refractivity contribution in [2.75, 3.05) is 38.3 Å². The molecular formula is C18H28N2O3. The molecule has 0 radical (unpaired) electrons. The highest BCUT2D eigenvalue weighted by molar-refractivity contribution is 5.95. The minimum absolute atomic E-state index is 0.278. The summed E-state index contributed by atoms with van der Waals surface area (Å²) in [7, 11) is 1.44. The van der Waals surface area contributed by atoms with E-state index in [0.717, 1.165) is 24.7 Å². The Morgan fingerprint density at radius 3 is 2.61 bits per heavy atom. The lowest BCUT2D eigenvalue weighted by Crippen LogP contribution is -2.37. The van der Waals surface area contributed by atoms with Gasteiger partial charge in [-0.05, 0) is 43.1 Å². The number of carbonyl (C=O) groups excluding carboxylic acids is 1. The van der Waals surface area contributed by atoms with Crippen molar-refractivity contribution in [3.8, 4) is 0 Å². The number of H-pyrrole nitrogens is 1. The van der Waals surface area contributed by atoms with Gasteiger partial charge in [-0.25, -0.2) is 4.79 Å². The van der Waals surface area contributed by atoms with Gasteiger partial charge in [0, 0.05) is 19.3 Å². The summed E-state index contributed by atoms with van der Waals surface area (Å²) in [5, 5.41) is 0. The zero-order valence-electron chi connectivity index (χ0n) is 14.3. The van der Waals surface area contributed by atoms with Crippen LogP contribution in [-0.2, 0) is 9.47 Å². The molecule has 2 aliphatic rings. The first-order valence-corrected chi connectivity index (χ1v) is 8.86. The van der Waals surface area contributed by atoms with Gasteiger partial charge >= 0.3 is 5.97 Å². The average molecular weight is 320 g/mol. The van der Waals surface area contributed by atoms with E-state index in [1.807, 2.05) is 6.20 Å². The quantitative estimate of drug-likeness (QED) is 0.865. The lowest BCUT2D eigenvalue weighted by Gasteiger charge is -2.33. The van der Waals surface area contributed by atoms with E-state index in [9.17, 15) is 4.79 Å². The third kappa shape index (κ3) is 3.39. The smallest absolute Gasteiger partial charge is 0.356 e. The Morgan fingerprint density at radius 1 is 1.30 bits per heavy atom. The number of methoxy groups -OCH3 is 1. The van der Waals surface area contributed by atoms with Crippen LogP contribution in [0.3, 0.4) is 0 Å². The number of aromatic nitrogens is 1. The van der Waals surface area contributed by atoms with Gasteiger partial charge in [0.05, 0.1) is 26.0 Å². The van der Waals surface area contributed by atoms with E-state index < -0.39 is 0 Å². The molecule has 3 rings (SSSR count). The predicted molar refractivity (Wildman–Crippen MR) is 90.2 cm³/mol. The Balaban J connectivity index is 1.87. The summed E-state index contributed by atoms with van der Waals surface area (Å²) >= 11 is 0. The van der Waals surface area contributed by atoms with E-state index >= 15 is 0 Å². The van der Waals surface area contributed by atoms with Crippen molar-refractivity contribution in [2.45, 2.75) is 44.9 Å². The van der Waals surface area contributed by atoms with Gasteiger partial charge in [-0.15, -0.1) is 0 Å². The zero-order chi connectivity index (χ0) is 16.2. The van der Waals surface area contributed by atoms with Gasteiger partial charge in [-0.3, -0.25) is 0 Å². The van der Waals surface area contributed by atoms with Crippen molar-refractivity contribution in [1.82, 2.24) is 4.98 Å². The van der Waals surface area contributed by atoms with Crippen LogP contribution in [-0.4, -0.2) is 44.4 Å². The molecular weight excluding hydrogens is 292 g/mol. The molecule has 0 aromatic carbocycles. The summed E-state index contributed by atoms with van der Waals surface area (Å²) in [6.07, 6.45) is 8.34. The molecule has 0 atom stereocenters. The largest absolute Gasteiger partial charge is 0.464 e. The molecule has 1 N–H and O–H groups in total. The highest BCUT2D eigenvalue weighted by Gasteiger charge is 2.30. The molecule has 23 heavy (non-hydrogen) atoms. The standard InChI is InChI=1S/C18H28N2O3/c1-3-13-4-6-14(7-5-13)15-12-19-16(18(21)22-2)17(15)20-8-10-23-11-9-20/h12-14,19H,3-11H2,1-2H3. The fourth-order valence-corrected chi connectivity index (χ4v) is 4.01. The van der Waals surface area contributed by atoms with Gasteiger partial charge in [-0.2, -0.15) is 0 Å². The number of nitrogens with one attached hydrogen (secondary N) is 1. The number of morpholine rings is 1. The van der Waals surface area contributed by atoms with E-state index in [1.165, 1.54) is 44.8 Å². The molecule has 128 valence electrons.